The van der Waals surface area contributed by atoms with Crippen molar-refractivity contribution in [2.45, 2.75) is 38.9 Å². The Balaban J connectivity index is 0.000000229. The first-order chi connectivity index (χ1) is 10.7. The van der Waals surface area contributed by atoms with Crippen molar-refractivity contribution >= 4 is 24.0 Å². The zero-order valence-electron chi connectivity index (χ0n) is 14.2. The summed E-state index contributed by atoms with van der Waals surface area (Å²) in [7, 11) is -0.369. The minimum atomic E-state index is -0.369. The van der Waals surface area contributed by atoms with Gasteiger partial charge >= 0.3 is 7.12 Å². The molecular weight excluding hydrogens is 287 g/mol. The molecule has 0 saturated carbocycles. The second-order valence-corrected chi connectivity index (χ2v) is 6.63. The van der Waals surface area contributed by atoms with Gasteiger partial charge in [0.2, 0.25) is 0 Å². The van der Waals surface area contributed by atoms with E-state index in [9.17, 15) is 0 Å². The third-order valence-electron chi connectivity index (χ3n) is 4.30. The Kier molecular flexibility index (Phi) is 5.02. The van der Waals surface area contributed by atoms with Crippen LogP contribution < -0.4 is 16.9 Å². The maximum absolute atomic E-state index is 5.93. The summed E-state index contributed by atoms with van der Waals surface area (Å²) in [5.41, 5.74) is 13.1. The average Bonchev–Trinajstić information content (AvgIpc) is 2.69. The SMILES string of the molecule is CC1(C)OB(c2ccccc2N)OC1(C)C.Nc1ccccc1. The molecule has 1 aliphatic heterocycles. The third-order valence-corrected chi connectivity index (χ3v) is 4.30. The van der Waals surface area contributed by atoms with Crippen LogP contribution in [-0.2, 0) is 9.31 Å². The molecule has 1 saturated heterocycles. The fourth-order valence-electron chi connectivity index (χ4n) is 2.15. The first kappa shape index (κ1) is 17.4. The Morgan fingerprint density at radius 1 is 0.739 bits per heavy atom. The fraction of sp³-hybridized carbons (Fsp3) is 0.333. The molecule has 0 unspecified atom stereocenters. The van der Waals surface area contributed by atoms with Crippen molar-refractivity contribution in [3.63, 3.8) is 0 Å². The second-order valence-electron chi connectivity index (χ2n) is 6.63. The van der Waals surface area contributed by atoms with E-state index in [-0.39, 0.29) is 18.3 Å². The molecule has 1 aliphatic rings. The summed E-state index contributed by atoms with van der Waals surface area (Å²) in [5.74, 6) is 0. The highest BCUT2D eigenvalue weighted by atomic mass is 16.7. The van der Waals surface area contributed by atoms with Crippen LogP contribution in [-0.4, -0.2) is 18.3 Å². The maximum Gasteiger partial charge on any atom is 0.496 e. The minimum Gasteiger partial charge on any atom is -0.399 e. The Bertz CT molecular complexity index is 628. The van der Waals surface area contributed by atoms with Gasteiger partial charge in [0.15, 0.2) is 0 Å². The molecule has 0 bridgehead atoms. The number of rotatable bonds is 1. The van der Waals surface area contributed by atoms with Gasteiger partial charge in [-0.05, 0) is 45.9 Å². The van der Waals surface area contributed by atoms with Crippen LogP contribution in [0.2, 0.25) is 0 Å². The smallest absolute Gasteiger partial charge is 0.399 e. The van der Waals surface area contributed by atoms with Crippen LogP contribution in [0, 0.1) is 0 Å². The lowest BCUT2D eigenvalue weighted by Gasteiger charge is -2.32. The highest BCUT2D eigenvalue weighted by Crippen LogP contribution is 2.36. The number of hydrogen-bond acceptors (Lipinski definition) is 4. The zero-order valence-corrected chi connectivity index (χ0v) is 14.2. The van der Waals surface area contributed by atoms with E-state index in [0.29, 0.717) is 5.69 Å². The minimum absolute atomic E-state index is 0.319. The molecule has 2 aromatic carbocycles. The first-order valence-electron chi connectivity index (χ1n) is 7.73. The van der Waals surface area contributed by atoms with Crippen LogP contribution in [0.5, 0.6) is 0 Å². The quantitative estimate of drug-likeness (QED) is 0.627. The lowest BCUT2D eigenvalue weighted by molar-refractivity contribution is 0.00578. The molecule has 0 aliphatic carbocycles. The summed E-state index contributed by atoms with van der Waals surface area (Å²) in [4.78, 5) is 0. The van der Waals surface area contributed by atoms with Gasteiger partial charge in [0.05, 0.1) is 11.2 Å². The van der Waals surface area contributed by atoms with E-state index in [4.69, 9.17) is 20.8 Å². The van der Waals surface area contributed by atoms with Gasteiger partial charge in [0.25, 0.3) is 0 Å². The second kappa shape index (κ2) is 6.65. The van der Waals surface area contributed by atoms with E-state index in [1.807, 2.05) is 82.3 Å². The largest absolute Gasteiger partial charge is 0.496 e. The summed E-state index contributed by atoms with van der Waals surface area (Å²) < 4.78 is 11.9. The van der Waals surface area contributed by atoms with Crippen molar-refractivity contribution in [1.29, 1.82) is 0 Å². The molecule has 2 aromatic rings. The van der Waals surface area contributed by atoms with Crippen LogP contribution >= 0.6 is 0 Å². The van der Waals surface area contributed by atoms with Gasteiger partial charge in [-0.2, -0.15) is 0 Å². The average molecular weight is 312 g/mol. The first-order valence-corrected chi connectivity index (χ1v) is 7.73. The summed E-state index contributed by atoms with van der Waals surface area (Å²) in [6.07, 6.45) is 0. The molecule has 122 valence electrons. The predicted octanol–water partition coefficient (Wildman–Crippen LogP) is 2.84. The third kappa shape index (κ3) is 4.06. The fourth-order valence-corrected chi connectivity index (χ4v) is 2.15. The lowest BCUT2D eigenvalue weighted by atomic mass is 9.78. The van der Waals surface area contributed by atoms with Gasteiger partial charge in [-0.25, -0.2) is 0 Å². The van der Waals surface area contributed by atoms with Crippen molar-refractivity contribution in [3.05, 3.63) is 54.6 Å². The molecule has 3 rings (SSSR count). The molecular formula is C18H25BN2O2. The Morgan fingerprint density at radius 3 is 1.65 bits per heavy atom. The molecule has 0 spiro atoms. The van der Waals surface area contributed by atoms with Crippen LogP contribution in [0.3, 0.4) is 0 Å². The van der Waals surface area contributed by atoms with Crippen molar-refractivity contribution in [2.24, 2.45) is 0 Å². The van der Waals surface area contributed by atoms with Gasteiger partial charge in [-0.3, -0.25) is 0 Å². The number of nitrogen functional groups attached to an aromatic ring is 2. The number of para-hydroxylation sites is 2. The van der Waals surface area contributed by atoms with Gasteiger partial charge in [0.1, 0.15) is 0 Å². The summed E-state index contributed by atoms with van der Waals surface area (Å²) >= 11 is 0. The van der Waals surface area contributed by atoms with E-state index < -0.39 is 0 Å². The van der Waals surface area contributed by atoms with Crippen molar-refractivity contribution in [3.8, 4) is 0 Å². The summed E-state index contributed by atoms with van der Waals surface area (Å²) in [6, 6.07) is 17.1. The molecule has 1 heterocycles. The molecule has 0 atom stereocenters. The van der Waals surface area contributed by atoms with E-state index >= 15 is 0 Å². The summed E-state index contributed by atoms with van der Waals surface area (Å²) in [5, 5.41) is 0. The zero-order chi connectivity index (χ0) is 17.1. The Labute approximate surface area is 138 Å². The van der Waals surface area contributed by atoms with Crippen LogP contribution in [0.15, 0.2) is 54.6 Å². The molecule has 23 heavy (non-hydrogen) atoms. The molecule has 1 fully saturated rings. The molecule has 4 nitrogen and oxygen atoms in total. The van der Waals surface area contributed by atoms with Crippen molar-refractivity contribution < 1.29 is 9.31 Å². The van der Waals surface area contributed by atoms with E-state index in [2.05, 4.69) is 0 Å². The normalized spacial score (nSPS) is 18.2. The molecule has 5 heteroatoms. The standard InChI is InChI=1S/C12H18BNO2.C6H7N/c1-11(2)12(3,4)16-13(15-11)9-7-5-6-8-10(9)14;7-6-4-2-1-3-5-6/h5-8H,14H2,1-4H3;1-5H,7H2. The topological polar surface area (TPSA) is 70.5 Å². The molecule has 0 aromatic heterocycles. The maximum atomic E-state index is 5.93. The number of benzene rings is 2. The van der Waals surface area contributed by atoms with Crippen molar-refractivity contribution in [1.82, 2.24) is 0 Å². The number of anilines is 2. The number of hydrogen-bond donors (Lipinski definition) is 2. The van der Waals surface area contributed by atoms with Crippen LogP contribution in [0.4, 0.5) is 11.4 Å². The number of nitrogens with two attached hydrogens (primary N) is 2. The van der Waals surface area contributed by atoms with Gasteiger partial charge in [0, 0.05) is 16.8 Å². The predicted molar refractivity (Wildman–Crippen MR) is 97.4 cm³/mol. The highest BCUT2D eigenvalue weighted by molar-refractivity contribution is 6.63. The van der Waals surface area contributed by atoms with Crippen molar-refractivity contribution in [2.75, 3.05) is 11.5 Å². The molecule has 0 radical (unpaired) electrons. The Morgan fingerprint density at radius 2 is 1.22 bits per heavy atom. The van der Waals surface area contributed by atoms with E-state index in [0.717, 1.165) is 11.2 Å². The van der Waals surface area contributed by atoms with Crippen LogP contribution in [0.25, 0.3) is 0 Å². The summed E-state index contributed by atoms with van der Waals surface area (Å²) in [6.45, 7) is 8.14. The monoisotopic (exact) mass is 312 g/mol. The molecule has 4 N–H and O–H groups in total. The van der Waals surface area contributed by atoms with Gasteiger partial charge in [-0.1, -0.05) is 36.4 Å². The van der Waals surface area contributed by atoms with Gasteiger partial charge < -0.3 is 20.8 Å². The highest BCUT2D eigenvalue weighted by Gasteiger charge is 2.52. The lowest BCUT2D eigenvalue weighted by Crippen LogP contribution is -2.41. The van der Waals surface area contributed by atoms with E-state index in [1.54, 1.807) is 0 Å². The van der Waals surface area contributed by atoms with Crippen LogP contribution in [0.1, 0.15) is 27.7 Å². The molecule has 0 amide bonds. The Hall–Kier alpha value is -1.98. The van der Waals surface area contributed by atoms with E-state index in [1.165, 1.54) is 0 Å². The van der Waals surface area contributed by atoms with Gasteiger partial charge in [-0.15, -0.1) is 0 Å².